The van der Waals surface area contributed by atoms with Crippen molar-refractivity contribution < 1.29 is 18.3 Å². The molecule has 0 spiro atoms. The van der Waals surface area contributed by atoms with Crippen LogP contribution >= 0.6 is 0 Å². The van der Waals surface area contributed by atoms with Crippen LogP contribution in [0.5, 0.6) is 0 Å². The third kappa shape index (κ3) is 3.21. The van der Waals surface area contributed by atoms with Crippen LogP contribution in [0.15, 0.2) is 18.2 Å². The molecule has 1 aromatic carbocycles. The Labute approximate surface area is 129 Å². The summed E-state index contributed by atoms with van der Waals surface area (Å²) in [6, 6.07) is 3.03. The standard InChI is InChI=1S/C16H22F2N2O2/c1-3-8-16(11-22-2)9-5-10-20(16)15(21)19-14-12(17)6-4-7-13(14)18/h4,6-7H,3,5,8-11H2,1-2H3,(H,19,21). The minimum atomic E-state index is -0.777. The fraction of sp³-hybridized carbons (Fsp3) is 0.562. The van der Waals surface area contributed by atoms with Crippen molar-refractivity contribution >= 4 is 11.7 Å². The average molecular weight is 312 g/mol. The Morgan fingerprint density at radius 1 is 1.41 bits per heavy atom. The molecule has 1 aliphatic rings. The first kappa shape index (κ1) is 16.7. The highest BCUT2D eigenvalue weighted by atomic mass is 19.1. The maximum Gasteiger partial charge on any atom is 0.322 e. The summed E-state index contributed by atoms with van der Waals surface area (Å²) in [6.07, 6.45) is 3.40. The van der Waals surface area contributed by atoms with Gasteiger partial charge < -0.3 is 15.0 Å². The molecule has 0 bridgehead atoms. The summed E-state index contributed by atoms with van der Waals surface area (Å²) in [4.78, 5) is 14.2. The number of methoxy groups -OCH3 is 1. The number of nitrogens with one attached hydrogen (secondary N) is 1. The molecule has 122 valence electrons. The van der Waals surface area contributed by atoms with Gasteiger partial charge in [0.1, 0.15) is 17.3 Å². The number of urea groups is 1. The molecule has 2 amide bonds. The van der Waals surface area contributed by atoms with E-state index in [1.807, 2.05) is 6.92 Å². The van der Waals surface area contributed by atoms with E-state index in [0.29, 0.717) is 13.2 Å². The van der Waals surface area contributed by atoms with E-state index in [9.17, 15) is 13.6 Å². The lowest BCUT2D eigenvalue weighted by Gasteiger charge is -2.38. The first-order valence-corrected chi connectivity index (χ1v) is 7.55. The Hall–Kier alpha value is -1.69. The van der Waals surface area contributed by atoms with E-state index in [-0.39, 0.29) is 0 Å². The number of likely N-dealkylation sites (tertiary alicyclic amines) is 1. The zero-order chi connectivity index (χ0) is 16.2. The van der Waals surface area contributed by atoms with E-state index in [1.165, 1.54) is 6.07 Å². The Bertz CT molecular complexity index is 511. The fourth-order valence-corrected chi connectivity index (χ4v) is 3.26. The van der Waals surface area contributed by atoms with Crippen LogP contribution in [0.3, 0.4) is 0 Å². The fourth-order valence-electron chi connectivity index (χ4n) is 3.26. The second-order valence-electron chi connectivity index (χ2n) is 5.69. The first-order chi connectivity index (χ1) is 10.5. The molecule has 0 saturated carbocycles. The molecule has 0 aromatic heterocycles. The van der Waals surface area contributed by atoms with Gasteiger partial charge in [0.05, 0.1) is 12.1 Å². The molecule has 1 atom stereocenters. The number of nitrogens with zero attached hydrogens (tertiary/aromatic N) is 1. The smallest absolute Gasteiger partial charge is 0.322 e. The van der Waals surface area contributed by atoms with Crippen molar-refractivity contribution in [3.63, 3.8) is 0 Å². The van der Waals surface area contributed by atoms with E-state index in [2.05, 4.69) is 5.32 Å². The number of rotatable bonds is 5. The minimum absolute atomic E-state index is 0.394. The number of halogens is 2. The normalized spacial score (nSPS) is 21.2. The summed E-state index contributed by atoms with van der Waals surface area (Å²) in [5, 5.41) is 2.37. The van der Waals surface area contributed by atoms with Gasteiger partial charge in [-0.3, -0.25) is 0 Å². The third-order valence-electron chi connectivity index (χ3n) is 4.16. The molecular formula is C16H22F2N2O2. The number of hydrogen-bond donors (Lipinski definition) is 1. The van der Waals surface area contributed by atoms with Crippen LogP contribution in [-0.2, 0) is 4.74 Å². The molecule has 1 unspecified atom stereocenters. The second-order valence-corrected chi connectivity index (χ2v) is 5.69. The van der Waals surface area contributed by atoms with Gasteiger partial charge in [0.2, 0.25) is 0 Å². The molecule has 1 fully saturated rings. The van der Waals surface area contributed by atoms with Gasteiger partial charge in [-0.25, -0.2) is 13.6 Å². The highest BCUT2D eigenvalue weighted by Gasteiger charge is 2.43. The van der Waals surface area contributed by atoms with Gasteiger partial charge in [0.25, 0.3) is 0 Å². The van der Waals surface area contributed by atoms with Gasteiger partial charge in [-0.05, 0) is 31.4 Å². The van der Waals surface area contributed by atoms with Crippen LogP contribution in [0.4, 0.5) is 19.3 Å². The molecule has 2 rings (SSSR count). The zero-order valence-electron chi connectivity index (χ0n) is 13.0. The van der Waals surface area contributed by atoms with Crippen molar-refractivity contribution in [2.75, 3.05) is 25.6 Å². The van der Waals surface area contributed by atoms with Crippen molar-refractivity contribution in [1.29, 1.82) is 0 Å². The molecule has 1 N–H and O–H groups in total. The van der Waals surface area contributed by atoms with E-state index in [0.717, 1.165) is 37.8 Å². The first-order valence-electron chi connectivity index (χ1n) is 7.55. The molecule has 0 radical (unpaired) electrons. The number of anilines is 1. The van der Waals surface area contributed by atoms with E-state index >= 15 is 0 Å². The zero-order valence-corrected chi connectivity index (χ0v) is 13.0. The Morgan fingerprint density at radius 3 is 2.68 bits per heavy atom. The summed E-state index contributed by atoms with van der Waals surface area (Å²) < 4.78 is 32.7. The van der Waals surface area contributed by atoms with Gasteiger partial charge >= 0.3 is 6.03 Å². The highest BCUT2D eigenvalue weighted by molar-refractivity contribution is 5.90. The topological polar surface area (TPSA) is 41.6 Å². The average Bonchev–Trinajstić information content (AvgIpc) is 2.87. The summed E-state index contributed by atoms with van der Waals surface area (Å²) >= 11 is 0. The van der Waals surface area contributed by atoms with Gasteiger partial charge in [-0.2, -0.15) is 0 Å². The van der Waals surface area contributed by atoms with E-state index in [1.54, 1.807) is 12.0 Å². The number of para-hydroxylation sites is 1. The summed E-state index contributed by atoms with van der Waals surface area (Å²) in [5.41, 5.74) is -0.794. The number of benzene rings is 1. The molecule has 1 heterocycles. The number of carbonyl (C=O) groups is 1. The van der Waals surface area contributed by atoms with E-state index in [4.69, 9.17) is 4.74 Å². The SMILES string of the molecule is CCCC1(COC)CCCN1C(=O)Nc1c(F)cccc1F. The molecule has 1 aliphatic heterocycles. The van der Waals surface area contributed by atoms with Crippen LogP contribution in [-0.4, -0.2) is 36.7 Å². The van der Waals surface area contributed by atoms with Gasteiger partial charge in [-0.15, -0.1) is 0 Å². The van der Waals surface area contributed by atoms with Crippen LogP contribution in [0.25, 0.3) is 0 Å². The number of carbonyl (C=O) groups excluding carboxylic acids is 1. The molecule has 6 heteroatoms. The van der Waals surface area contributed by atoms with Gasteiger partial charge in [0, 0.05) is 13.7 Å². The van der Waals surface area contributed by atoms with Crippen molar-refractivity contribution in [3.8, 4) is 0 Å². The van der Waals surface area contributed by atoms with Gasteiger partial charge in [0.15, 0.2) is 0 Å². The summed E-state index contributed by atoms with van der Waals surface area (Å²) in [6.45, 7) is 3.03. The second kappa shape index (κ2) is 7.05. The number of ether oxygens (including phenoxy) is 1. The predicted molar refractivity (Wildman–Crippen MR) is 80.8 cm³/mol. The Kier molecular flexibility index (Phi) is 5.34. The highest BCUT2D eigenvalue weighted by Crippen LogP contribution is 2.34. The van der Waals surface area contributed by atoms with Crippen molar-refractivity contribution in [1.82, 2.24) is 4.90 Å². The summed E-state index contributed by atoms with van der Waals surface area (Å²) in [7, 11) is 1.60. The predicted octanol–water partition coefficient (Wildman–Crippen LogP) is 3.78. The van der Waals surface area contributed by atoms with Crippen LogP contribution in [0.2, 0.25) is 0 Å². The monoisotopic (exact) mass is 312 g/mol. The minimum Gasteiger partial charge on any atom is -0.382 e. The Morgan fingerprint density at radius 2 is 2.09 bits per heavy atom. The lowest BCUT2D eigenvalue weighted by Crippen LogP contribution is -2.52. The largest absolute Gasteiger partial charge is 0.382 e. The maximum atomic E-state index is 13.7. The number of hydrogen-bond acceptors (Lipinski definition) is 2. The molecule has 1 aromatic rings. The van der Waals surface area contributed by atoms with Crippen molar-refractivity contribution in [3.05, 3.63) is 29.8 Å². The van der Waals surface area contributed by atoms with Crippen molar-refractivity contribution in [2.24, 2.45) is 0 Å². The number of amides is 2. The summed E-state index contributed by atoms with van der Waals surface area (Å²) in [5.74, 6) is -1.55. The van der Waals surface area contributed by atoms with E-state index < -0.39 is 28.9 Å². The van der Waals surface area contributed by atoms with Crippen LogP contribution in [0.1, 0.15) is 32.6 Å². The van der Waals surface area contributed by atoms with Gasteiger partial charge in [-0.1, -0.05) is 19.4 Å². The molecular weight excluding hydrogens is 290 g/mol. The third-order valence-corrected chi connectivity index (χ3v) is 4.16. The lowest BCUT2D eigenvalue weighted by atomic mass is 9.91. The van der Waals surface area contributed by atoms with Crippen LogP contribution in [0, 0.1) is 11.6 Å². The molecule has 22 heavy (non-hydrogen) atoms. The maximum absolute atomic E-state index is 13.7. The molecule has 4 nitrogen and oxygen atoms in total. The lowest BCUT2D eigenvalue weighted by molar-refractivity contribution is 0.0539. The van der Waals surface area contributed by atoms with Crippen LogP contribution < -0.4 is 5.32 Å². The quantitative estimate of drug-likeness (QED) is 0.899. The molecule has 1 saturated heterocycles. The van der Waals surface area contributed by atoms with Crippen molar-refractivity contribution in [2.45, 2.75) is 38.1 Å². The molecule has 0 aliphatic carbocycles. The Balaban J connectivity index is 2.20.